The second-order valence-corrected chi connectivity index (χ2v) is 9.61. The number of benzene rings is 3. The number of nitrogens with zero attached hydrogens (tertiary/aromatic N) is 1. The molecule has 0 aromatic heterocycles. The van der Waals surface area contributed by atoms with Gasteiger partial charge in [-0.05, 0) is 72.6 Å². The molecule has 2 saturated heterocycles. The van der Waals surface area contributed by atoms with E-state index in [2.05, 4.69) is 42.2 Å². The van der Waals surface area contributed by atoms with E-state index < -0.39 is 0 Å². The van der Waals surface area contributed by atoms with E-state index in [0.29, 0.717) is 18.0 Å². The zero-order chi connectivity index (χ0) is 22.8. The first-order chi connectivity index (χ1) is 16.1. The lowest BCUT2D eigenvalue weighted by Gasteiger charge is -2.41. The molecule has 0 radical (unpaired) electrons. The van der Waals surface area contributed by atoms with Gasteiger partial charge in [-0.2, -0.15) is 0 Å². The molecule has 2 unspecified atom stereocenters. The number of rotatable bonds is 7. The van der Waals surface area contributed by atoms with Crippen molar-refractivity contribution in [3.8, 4) is 0 Å². The van der Waals surface area contributed by atoms with Crippen molar-refractivity contribution in [3.05, 3.63) is 107 Å². The summed E-state index contributed by atoms with van der Waals surface area (Å²) >= 11 is 0. The molecule has 0 amide bonds. The Morgan fingerprint density at radius 1 is 0.758 bits per heavy atom. The van der Waals surface area contributed by atoms with Gasteiger partial charge in [0.15, 0.2) is 0 Å². The van der Waals surface area contributed by atoms with Crippen LogP contribution in [0.15, 0.2) is 78.9 Å². The molecule has 2 heterocycles. The molecular formula is C29H31F2NO. The van der Waals surface area contributed by atoms with Crippen molar-refractivity contribution in [2.75, 3.05) is 6.54 Å². The fourth-order valence-electron chi connectivity index (χ4n) is 5.65. The third kappa shape index (κ3) is 5.02. The Kier molecular flexibility index (Phi) is 6.57. The molecule has 2 fully saturated rings. The van der Waals surface area contributed by atoms with Gasteiger partial charge in [-0.25, -0.2) is 8.78 Å². The van der Waals surface area contributed by atoms with Crippen LogP contribution in [-0.2, 0) is 4.74 Å². The molecule has 3 atom stereocenters. The first-order valence-corrected chi connectivity index (χ1v) is 12.0. The standard InChI is InChI=1S/C29H31F2NO/c1-20(21-5-3-2-4-6-21)19-32-26-15-16-27(32)18-28(17-26)33-29(22-7-11-24(30)12-8-22)23-9-13-25(31)14-10-23/h2-14,20,26-29H,15-19H2,1H3/t20-,26?,27?,28?/m0/s1. The van der Waals surface area contributed by atoms with Crippen LogP contribution in [-0.4, -0.2) is 29.6 Å². The minimum absolute atomic E-state index is 0.130. The number of fused-ring (bicyclic) bond motifs is 2. The molecule has 2 nitrogen and oxygen atoms in total. The van der Waals surface area contributed by atoms with Gasteiger partial charge in [0.1, 0.15) is 17.7 Å². The molecule has 2 bridgehead atoms. The molecule has 0 N–H and O–H groups in total. The summed E-state index contributed by atoms with van der Waals surface area (Å²) in [6, 6.07) is 24.8. The molecule has 5 rings (SSSR count). The van der Waals surface area contributed by atoms with Gasteiger partial charge in [-0.15, -0.1) is 0 Å². The average molecular weight is 448 g/mol. The maximum atomic E-state index is 13.5. The van der Waals surface area contributed by atoms with E-state index in [4.69, 9.17) is 4.74 Å². The lowest BCUT2D eigenvalue weighted by atomic mass is 9.94. The molecule has 3 aromatic rings. The van der Waals surface area contributed by atoms with Gasteiger partial charge in [-0.3, -0.25) is 4.90 Å². The Labute approximate surface area is 195 Å². The van der Waals surface area contributed by atoms with Crippen LogP contribution in [0.2, 0.25) is 0 Å². The van der Waals surface area contributed by atoms with E-state index >= 15 is 0 Å². The van der Waals surface area contributed by atoms with Crippen LogP contribution in [0.25, 0.3) is 0 Å². The Bertz CT molecular complexity index is 978. The Morgan fingerprint density at radius 3 is 1.79 bits per heavy atom. The molecule has 0 aliphatic carbocycles. The highest BCUT2D eigenvalue weighted by atomic mass is 19.1. The van der Waals surface area contributed by atoms with Crippen LogP contribution >= 0.6 is 0 Å². The molecule has 0 spiro atoms. The fourth-order valence-corrected chi connectivity index (χ4v) is 5.65. The summed E-state index contributed by atoms with van der Waals surface area (Å²) in [5, 5.41) is 0. The molecule has 0 saturated carbocycles. The second-order valence-electron chi connectivity index (χ2n) is 9.61. The van der Waals surface area contributed by atoms with Gasteiger partial charge in [0.25, 0.3) is 0 Å². The topological polar surface area (TPSA) is 12.5 Å². The zero-order valence-corrected chi connectivity index (χ0v) is 19.0. The van der Waals surface area contributed by atoms with Crippen LogP contribution in [0.1, 0.15) is 61.3 Å². The molecule has 172 valence electrons. The normalized spacial score (nSPS) is 23.7. The van der Waals surface area contributed by atoms with E-state index in [1.54, 1.807) is 24.3 Å². The van der Waals surface area contributed by atoms with Crippen LogP contribution in [0, 0.1) is 11.6 Å². The molecule has 3 aromatic carbocycles. The molecule has 33 heavy (non-hydrogen) atoms. The van der Waals surface area contributed by atoms with Crippen LogP contribution < -0.4 is 0 Å². The summed E-state index contributed by atoms with van der Waals surface area (Å²) < 4.78 is 33.8. The second kappa shape index (κ2) is 9.74. The Hall–Kier alpha value is -2.56. The monoisotopic (exact) mass is 447 g/mol. The maximum Gasteiger partial charge on any atom is 0.123 e. The maximum absolute atomic E-state index is 13.5. The first kappa shape index (κ1) is 22.2. The predicted molar refractivity (Wildman–Crippen MR) is 127 cm³/mol. The van der Waals surface area contributed by atoms with Crippen LogP contribution in [0.5, 0.6) is 0 Å². The molecule has 2 aliphatic heterocycles. The van der Waals surface area contributed by atoms with Gasteiger partial charge >= 0.3 is 0 Å². The average Bonchev–Trinajstić information content (AvgIpc) is 3.06. The molecular weight excluding hydrogens is 416 g/mol. The molecule has 2 aliphatic rings. The minimum Gasteiger partial charge on any atom is -0.365 e. The van der Waals surface area contributed by atoms with Crippen molar-refractivity contribution >= 4 is 0 Å². The van der Waals surface area contributed by atoms with Gasteiger partial charge in [0.2, 0.25) is 0 Å². The van der Waals surface area contributed by atoms with Crippen molar-refractivity contribution in [1.29, 1.82) is 0 Å². The third-order valence-corrected chi connectivity index (χ3v) is 7.37. The summed E-state index contributed by atoms with van der Waals surface area (Å²) in [5.41, 5.74) is 3.19. The van der Waals surface area contributed by atoms with Crippen molar-refractivity contribution < 1.29 is 13.5 Å². The van der Waals surface area contributed by atoms with Gasteiger partial charge < -0.3 is 4.74 Å². The van der Waals surface area contributed by atoms with Gasteiger partial charge in [0.05, 0.1) is 6.10 Å². The van der Waals surface area contributed by atoms with Crippen molar-refractivity contribution in [1.82, 2.24) is 4.90 Å². The Morgan fingerprint density at radius 2 is 1.27 bits per heavy atom. The number of piperidine rings is 1. The number of hydrogen-bond donors (Lipinski definition) is 0. The van der Waals surface area contributed by atoms with Crippen molar-refractivity contribution in [2.45, 2.75) is 62.8 Å². The highest BCUT2D eigenvalue weighted by molar-refractivity contribution is 5.31. The SMILES string of the molecule is C[C@@H](CN1C2CCC1CC(OC(c1ccc(F)cc1)c1ccc(F)cc1)C2)c1ccccc1. The highest BCUT2D eigenvalue weighted by Gasteiger charge is 2.42. The highest BCUT2D eigenvalue weighted by Crippen LogP contribution is 2.40. The van der Waals surface area contributed by atoms with Crippen molar-refractivity contribution in [2.24, 2.45) is 0 Å². The number of hydrogen-bond acceptors (Lipinski definition) is 2. The minimum atomic E-state index is -0.328. The zero-order valence-electron chi connectivity index (χ0n) is 19.0. The van der Waals surface area contributed by atoms with Crippen LogP contribution in [0.4, 0.5) is 8.78 Å². The first-order valence-electron chi connectivity index (χ1n) is 12.0. The van der Waals surface area contributed by atoms with E-state index in [1.807, 2.05) is 0 Å². The smallest absolute Gasteiger partial charge is 0.123 e. The number of halogens is 2. The van der Waals surface area contributed by atoms with Crippen LogP contribution in [0.3, 0.4) is 0 Å². The third-order valence-electron chi connectivity index (χ3n) is 7.37. The summed E-state index contributed by atoms with van der Waals surface area (Å²) in [7, 11) is 0. The van der Waals surface area contributed by atoms with E-state index in [0.717, 1.165) is 30.5 Å². The quantitative estimate of drug-likeness (QED) is 0.392. The number of ether oxygens (including phenoxy) is 1. The van der Waals surface area contributed by atoms with Crippen molar-refractivity contribution in [3.63, 3.8) is 0 Å². The van der Waals surface area contributed by atoms with E-state index in [1.165, 1.54) is 42.7 Å². The van der Waals surface area contributed by atoms with Gasteiger partial charge in [-0.1, -0.05) is 61.5 Å². The predicted octanol–water partition coefficient (Wildman–Crippen LogP) is 6.87. The Balaban J connectivity index is 1.30. The summed E-state index contributed by atoms with van der Waals surface area (Å²) in [6.45, 7) is 3.39. The molecule has 4 heteroatoms. The summed E-state index contributed by atoms with van der Waals surface area (Å²) in [6.07, 6.45) is 4.22. The van der Waals surface area contributed by atoms with E-state index in [9.17, 15) is 8.78 Å². The lowest BCUT2D eigenvalue weighted by Crippen LogP contribution is -2.47. The van der Waals surface area contributed by atoms with E-state index in [-0.39, 0.29) is 23.8 Å². The lowest BCUT2D eigenvalue weighted by molar-refractivity contribution is -0.0490. The summed E-state index contributed by atoms with van der Waals surface area (Å²) in [5.74, 6) is -0.0380. The fraction of sp³-hybridized carbons (Fsp3) is 0.379. The van der Waals surface area contributed by atoms with Gasteiger partial charge in [0, 0.05) is 18.6 Å². The largest absolute Gasteiger partial charge is 0.365 e. The summed E-state index contributed by atoms with van der Waals surface area (Å²) in [4.78, 5) is 2.70.